The van der Waals surface area contributed by atoms with E-state index in [-0.39, 0.29) is 5.91 Å². The van der Waals surface area contributed by atoms with Gasteiger partial charge in [0.1, 0.15) is 0 Å². The summed E-state index contributed by atoms with van der Waals surface area (Å²) in [5.74, 6) is 0.749. The van der Waals surface area contributed by atoms with Crippen LogP contribution in [0.3, 0.4) is 0 Å². The van der Waals surface area contributed by atoms with Crippen molar-refractivity contribution in [3.05, 3.63) is 51.3 Å². The highest BCUT2D eigenvalue weighted by Gasteiger charge is 2.29. The number of aromatic amines is 1. The number of carbonyl (C=O) groups is 1. The van der Waals surface area contributed by atoms with Crippen LogP contribution in [0.25, 0.3) is 0 Å². The SMILES string of the molecule is CCN1Cc2cc(CNCc3c(Cl)n[nH]c3C3CC3)ccc2C1=O. The first-order chi connectivity index (χ1) is 11.7. The van der Waals surface area contributed by atoms with Crippen LogP contribution >= 0.6 is 11.6 Å². The van der Waals surface area contributed by atoms with Crippen molar-refractivity contribution in [1.29, 1.82) is 0 Å². The van der Waals surface area contributed by atoms with E-state index in [1.54, 1.807) is 0 Å². The maximum atomic E-state index is 12.1. The molecule has 0 atom stereocenters. The Kier molecular flexibility index (Phi) is 4.06. The van der Waals surface area contributed by atoms with Crippen LogP contribution in [0.5, 0.6) is 0 Å². The predicted octanol–water partition coefficient (Wildman–Crippen LogP) is 3.21. The molecule has 0 radical (unpaired) electrons. The number of hydrogen-bond acceptors (Lipinski definition) is 3. The lowest BCUT2D eigenvalue weighted by molar-refractivity contribution is 0.0787. The number of nitrogens with one attached hydrogen (secondary N) is 2. The molecule has 0 bridgehead atoms. The zero-order valence-corrected chi connectivity index (χ0v) is 14.5. The van der Waals surface area contributed by atoms with Gasteiger partial charge in [0.2, 0.25) is 0 Å². The smallest absolute Gasteiger partial charge is 0.254 e. The van der Waals surface area contributed by atoms with E-state index < -0.39 is 0 Å². The van der Waals surface area contributed by atoms with Crippen molar-refractivity contribution in [1.82, 2.24) is 20.4 Å². The van der Waals surface area contributed by atoms with Crippen molar-refractivity contribution in [2.45, 2.75) is 45.3 Å². The van der Waals surface area contributed by atoms with Gasteiger partial charge in [-0.05, 0) is 37.0 Å². The van der Waals surface area contributed by atoms with Crippen molar-refractivity contribution in [2.24, 2.45) is 0 Å². The van der Waals surface area contributed by atoms with Gasteiger partial charge in [0.15, 0.2) is 5.15 Å². The Balaban J connectivity index is 1.41. The third kappa shape index (κ3) is 2.82. The second-order valence-electron chi connectivity index (χ2n) is 6.60. The standard InChI is InChI=1S/C18H21ClN4O/c1-2-23-10-13-7-11(3-6-14(13)18(23)24)8-20-9-15-16(12-4-5-12)21-22-17(15)19/h3,6-7,12,20H,2,4-5,8-10H2,1H3,(H,21,22). The maximum absolute atomic E-state index is 12.1. The summed E-state index contributed by atoms with van der Waals surface area (Å²) < 4.78 is 0. The molecule has 1 aliphatic heterocycles. The molecule has 2 N–H and O–H groups in total. The van der Waals surface area contributed by atoms with E-state index in [9.17, 15) is 4.79 Å². The van der Waals surface area contributed by atoms with E-state index in [2.05, 4.69) is 21.6 Å². The first-order valence-corrected chi connectivity index (χ1v) is 8.89. The second kappa shape index (κ2) is 6.22. The molecule has 4 rings (SSSR count). The lowest BCUT2D eigenvalue weighted by Gasteiger charge is -2.10. The third-order valence-electron chi connectivity index (χ3n) is 4.90. The Bertz CT molecular complexity index is 781. The molecule has 1 fully saturated rings. The number of nitrogens with zero attached hydrogens (tertiary/aromatic N) is 2. The number of rotatable bonds is 6. The molecule has 0 saturated heterocycles. The van der Waals surface area contributed by atoms with Crippen molar-refractivity contribution >= 4 is 17.5 Å². The number of benzene rings is 1. The lowest BCUT2D eigenvalue weighted by atomic mass is 10.1. The summed E-state index contributed by atoms with van der Waals surface area (Å²) in [5.41, 5.74) is 5.43. The van der Waals surface area contributed by atoms with E-state index in [0.717, 1.165) is 36.3 Å². The van der Waals surface area contributed by atoms with E-state index >= 15 is 0 Å². The summed E-state index contributed by atoms with van der Waals surface area (Å²) in [6.07, 6.45) is 2.44. The average Bonchev–Trinajstić information content (AvgIpc) is 3.29. The van der Waals surface area contributed by atoms with E-state index in [4.69, 9.17) is 11.6 Å². The summed E-state index contributed by atoms with van der Waals surface area (Å²) >= 11 is 6.20. The van der Waals surface area contributed by atoms with Gasteiger partial charge in [-0.3, -0.25) is 9.89 Å². The molecule has 0 unspecified atom stereocenters. The third-order valence-corrected chi connectivity index (χ3v) is 5.21. The number of fused-ring (bicyclic) bond motifs is 1. The monoisotopic (exact) mass is 344 g/mol. The lowest BCUT2D eigenvalue weighted by Crippen LogP contribution is -2.22. The minimum atomic E-state index is 0.145. The zero-order chi connectivity index (χ0) is 16.7. The number of amides is 1. The van der Waals surface area contributed by atoms with Crippen LogP contribution in [0, 0.1) is 0 Å². The largest absolute Gasteiger partial charge is 0.335 e. The van der Waals surface area contributed by atoms with E-state index in [1.807, 2.05) is 24.0 Å². The summed E-state index contributed by atoms with van der Waals surface area (Å²) in [6, 6.07) is 6.11. The highest BCUT2D eigenvalue weighted by molar-refractivity contribution is 6.30. The highest BCUT2D eigenvalue weighted by Crippen LogP contribution is 2.41. The molecule has 2 aliphatic rings. The van der Waals surface area contributed by atoms with Crippen LogP contribution in [0.15, 0.2) is 18.2 Å². The Morgan fingerprint density at radius 1 is 1.38 bits per heavy atom. The van der Waals surface area contributed by atoms with Crippen LogP contribution in [-0.4, -0.2) is 27.5 Å². The molecule has 24 heavy (non-hydrogen) atoms. The molecule has 1 amide bonds. The normalized spacial score (nSPS) is 16.8. The summed E-state index contributed by atoms with van der Waals surface area (Å²) in [5, 5.41) is 11.2. The van der Waals surface area contributed by atoms with Crippen LogP contribution in [0.4, 0.5) is 0 Å². The zero-order valence-electron chi connectivity index (χ0n) is 13.7. The number of aromatic nitrogens is 2. The molecule has 2 heterocycles. The Hall–Kier alpha value is -1.85. The quantitative estimate of drug-likeness (QED) is 0.846. The number of hydrogen-bond donors (Lipinski definition) is 2. The van der Waals surface area contributed by atoms with Gasteiger partial charge < -0.3 is 10.2 Å². The first-order valence-electron chi connectivity index (χ1n) is 8.51. The van der Waals surface area contributed by atoms with Gasteiger partial charge in [0.25, 0.3) is 5.91 Å². The predicted molar refractivity (Wildman–Crippen MR) is 93.0 cm³/mol. The van der Waals surface area contributed by atoms with Gasteiger partial charge in [0.05, 0.1) is 0 Å². The molecule has 1 aromatic heterocycles. The van der Waals surface area contributed by atoms with Gasteiger partial charge >= 0.3 is 0 Å². The number of carbonyl (C=O) groups excluding carboxylic acids is 1. The fourth-order valence-corrected chi connectivity index (χ4v) is 3.58. The number of H-pyrrole nitrogens is 1. The van der Waals surface area contributed by atoms with Gasteiger partial charge in [-0.2, -0.15) is 5.10 Å². The molecule has 1 saturated carbocycles. The number of halogens is 1. The van der Waals surface area contributed by atoms with E-state index in [0.29, 0.717) is 17.6 Å². The summed E-state index contributed by atoms with van der Waals surface area (Å²) in [7, 11) is 0. The second-order valence-corrected chi connectivity index (χ2v) is 6.95. The molecular formula is C18H21ClN4O. The fourth-order valence-electron chi connectivity index (χ4n) is 3.36. The molecule has 6 heteroatoms. The molecular weight excluding hydrogens is 324 g/mol. The van der Waals surface area contributed by atoms with Crippen molar-refractivity contribution in [3.8, 4) is 0 Å². The minimum absolute atomic E-state index is 0.145. The van der Waals surface area contributed by atoms with Gasteiger partial charge in [-0.25, -0.2) is 0 Å². The van der Waals surface area contributed by atoms with Crippen molar-refractivity contribution in [3.63, 3.8) is 0 Å². The topological polar surface area (TPSA) is 61.0 Å². The minimum Gasteiger partial charge on any atom is -0.335 e. The highest BCUT2D eigenvalue weighted by atomic mass is 35.5. The Morgan fingerprint density at radius 3 is 2.96 bits per heavy atom. The van der Waals surface area contributed by atoms with E-state index in [1.165, 1.54) is 24.1 Å². The molecule has 1 aliphatic carbocycles. The van der Waals surface area contributed by atoms with Gasteiger partial charge in [-0.15, -0.1) is 0 Å². The summed E-state index contributed by atoms with van der Waals surface area (Å²) in [4.78, 5) is 14.0. The average molecular weight is 345 g/mol. The van der Waals surface area contributed by atoms with Crippen LogP contribution in [0.1, 0.15) is 58.4 Å². The molecule has 2 aromatic rings. The van der Waals surface area contributed by atoms with Crippen LogP contribution < -0.4 is 5.32 Å². The van der Waals surface area contributed by atoms with Crippen molar-refractivity contribution in [2.75, 3.05) is 6.54 Å². The maximum Gasteiger partial charge on any atom is 0.254 e. The first kappa shape index (κ1) is 15.7. The van der Waals surface area contributed by atoms with Crippen LogP contribution in [-0.2, 0) is 19.6 Å². The Morgan fingerprint density at radius 2 is 2.21 bits per heavy atom. The Labute approximate surface area is 146 Å². The molecule has 126 valence electrons. The van der Waals surface area contributed by atoms with Gasteiger partial charge in [0, 0.05) is 48.9 Å². The molecule has 1 aromatic carbocycles. The molecule has 5 nitrogen and oxygen atoms in total. The van der Waals surface area contributed by atoms with Crippen LogP contribution in [0.2, 0.25) is 5.15 Å². The van der Waals surface area contributed by atoms with Gasteiger partial charge in [-0.1, -0.05) is 23.7 Å². The van der Waals surface area contributed by atoms with Crippen molar-refractivity contribution < 1.29 is 4.79 Å². The fraction of sp³-hybridized carbons (Fsp3) is 0.444. The molecule has 0 spiro atoms. The summed E-state index contributed by atoms with van der Waals surface area (Å²) in [6.45, 7) is 4.94.